The van der Waals surface area contributed by atoms with E-state index in [-0.39, 0.29) is 41.6 Å². The Morgan fingerprint density at radius 2 is 1.60 bits per heavy atom. The molecule has 0 heterocycles. The minimum Gasteiger partial charge on any atom is -0.511 e. The third-order valence-electron chi connectivity index (χ3n) is 9.56. The molecule has 7 heteroatoms. The topological polar surface area (TPSA) is 132 Å². The highest BCUT2D eigenvalue weighted by molar-refractivity contribution is 6.25. The summed E-state index contributed by atoms with van der Waals surface area (Å²) < 4.78 is 0. The first-order chi connectivity index (χ1) is 19.4. The zero-order valence-corrected chi connectivity index (χ0v) is 25.2. The van der Waals surface area contributed by atoms with Crippen LogP contribution in [0.25, 0.3) is 11.1 Å². The molecule has 4 N–H and O–H groups in total. The SMILES string of the molecule is CC(=O)C1=C(O)C[C@@]2(C)C[C@@]3(C)Cc4c(-c5ccc(CCCC(C)(C)C)cc5)ccc(O)c4C(=O)C3=C(O)[C@@]2(O)C1=O. The third kappa shape index (κ3) is 4.41. The summed E-state index contributed by atoms with van der Waals surface area (Å²) in [6.45, 7) is 11.2. The van der Waals surface area contributed by atoms with Crippen molar-refractivity contribution in [1.82, 2.24) is 0 Å². The van der Waals surface area contributed by atoms with Gasteiger partial charge in [0.2, 0.25) is 5.78 Å². The molecule has 0 fully saturated rings. The molecule has 5 rings (SSSR count). The summed E-state index contributed by atoms with van der Waals surface area (Å²) in [5.74, 6) is -4.01. The van der Waals surface area contributed by atoms with Crippen LogP contribution >= 0.6 is 0 Å². The van der Waals surface area contributed by atoms with Crippen LogP contribution < -0.4 is 0 Å². The first kappa shape index (κ1) is 29.8. The van der Waals surface area contributed by atoms with Crippen molar-refractivity contribution in [3.05, 3.63) is 75.8 Å². The van der Waals surface area contributed by atoms with Gasteiger partial charge in [-0.1, -0.05) is 65.0 Å². The molecule has 7 nitrogen and oxygen atoms in total. The van der Waals surface area contributed by atoms with Crippen molar-refractivity contribution in [3.63, 3.8) is 0 Å². The molecule has 0 aromatic heterocycles. The normalized spacial score (nSPS) is 27.5. The number of phenolic OH excluding ortho intramolecular Hbond substituents is 1. The Labute approximate surface area is 246 Å². The van der Waals surface area contributed by atoms with Crippen LogP contribution in [0.5, 0.6) is 5.75 Å². The molecule has 222 valence electrons. The Balaban J connectivity index is 1.59. The van der Waals surface area contributed by atoms with Crippen LogP contribution in [0.15, 0.2) is 59.1 Å². The second-order valence-corrected chi connectivity index (χ2v) is 14.2. The molecule has 0 amide bonds. The number of aromatic hydroxyl groups is 1. The van der Waals surface area contributed by atoms with Gasteiger partial charge >= 0.3 is 0 Å². The van der Waals surface area contributed by atoms with Gasteiger partial charge in [-0.2, -0.15) is 0 Å². The average molecular weight is 573 g/mol. The molecule has 0 radical (unpaired) electrons. The van der Waals surface area contributed by atoms with E-state index in [0.717, 1.165) is 37.3 Å². The molecule has 42 heavy (non-hydrogen) atoms. The number of phenols is 1. The molecule has 2 aromatic rings. The number of allylic oxidation sites excluding steroid dienone is 2. The molecule has 0 bridgehead atoms. The number of Topliss-reactive ketones (excluding diaryl/α,β-unsaturated/α-hetero) is 3. The lowest BCUT2D eigenvalue weighted by Gasteiger charge is -2.56. The third-order valence-corrected chi connectivity index (χ3v) is 9.56. The predicted molar refractivity (Wildman–Crippen MR) is 159 cm³/mol. The van der Waals surface area contributed by atoms with Gasteiger partial charge in [0, 0.05) is 22.8 Å². The quantitative estimate of drug-likeness (QED) is 0.301. The standard InChI is InChI=1S/C35H40O7/c1-19(36)26-25(38)17-34(6)18-33(5)16-23-22(21-11-9-20(10-12-21)8-7-15-32(2,3)4)13-14-24(37)27(23)29(39)28(33)31(41)35(34,42)30(26)40/h9-14,37-38,41-42H,7-8,15-18H2,1-6H3/t33-,34+,35+/m1/s1. The van der Waals surface area contributed by atoms with Gasteiger partial charge in [0.1, 0.15) is 22.8 Å². The van der Waals surface area contributed by atoms with Gasteiger partial charge < -0.3 is 20.4 Å². The fourth-order valence-electron chi connectivity index (χ4n) is 7.60. The van der Waals surface area contributed by atoms with Crippen LogP contribution in [0.3, 0.4) is 0 Å². The number of fused-ring (bicyclic) bond motifs is 3. The number of rotatable bonds is 5. The van der Waals surface area contributed by atoms with Gasteiger partial charge in [-0.15, -0.1) is 0 Å². The van der Waals surface area contributed by atoms with E-state index in [0.29, 0.717) is 5.56 Å². The number of ketones is 3. The first-order valence-electron chi connectivity index (χ1n) is 14.6. The van der Waals surface area contributed by atoms with Crippen molar-refractivity contribution in [3.8, 4) is 16.9 Å². The van der Waals surface area contributed by atoms with Crippen LogP contribution in [-0.4, -0.2) is 43.4 Å². The van der Waals surface area contributed by atoms with E-state index in [1.54, 1.807) is 19.9 Å². The molecule has 0 saturated heterocycles. The summed E-state index contributed by atoms with van der Waals surface area (Å²) in [5, 5.41) is 44.9. The van der Waals surface area contributed by atoms with Crippen LogP contribution in [0.4, 0.5) is 0 Å². The van der Waals surface area contributed by atoms with E-state index < -0.39 is 50.9 Å². The summed E-state index contributed by atoms with van der Waals surface area (Å²) in [7, 11) is 0. The zero-order chi connectivity index (χ0) is 31.0. The molecule has 0 saturated carbocycles. The largest absolute Gasteiger partial charge is 0.511 e. The molecule has 0 spiro atoms. The van der Waals surface area contributed by atoms with Gasteiger partial charge in [0.05, 0.1) is 5.56 Å². The van der Waals surface area contributed by atoms with Gasteiger partial charge in [-0.3, -0.25) is 14.4 Å². The van der Waals surface area contributed by atoms with Gasteiger partial charge in [-0.05, 0) is 72.8 Å². The van der Waals surface area contributed by atoms with Crippen LogP contribution in [0.2, 0.25) is 0 Å². The number of aliphatic hydroxyl groups is 3. The molecule has 3 aliphatic rings. The molecule has 3 atom stereocenters. The highest BCUT2D eigenvalue weighted by Gasteiger charge is 2.67. The minimum atomic E-state index is -2.57. The maximum Gasteiger partial charge on any atom is 0.209 e. The second kappa shape index (κ2) is 9.66. The lowest BCUT2D eigenvalue weighted by molar-refractivity contribution is -0.158. The summed E-state index contributed by atoms with van der Waals surface area (Å²) in [6.07, 6.45) is 3.25. The van der Waals surface area contributed by atoms with E-state index in [4.69, 9.17) is 0 Å². The average Bonchev–Trinajstić information content (AvgIpc) is 2.86. The minimum absolute atomic E-state index is 0.0291. The van der Waals surface area contributed by atoms with Crippen molar-refractivity contribution in [2.24, 2.45) is 16.2 Å². The van der Waals surface area contributed by atoms with E-state index in [9.17, 15) is 34.8 Å². The number of benzene rings is 2. The predicted octanol–water partition coefficient (Wildman–Crippen LogP) is 6.50. The highest BCUT2D eigenvalue weighted by atomic mass is 16.3. The Bertz CT molecular complexity index is 1590. The number of aliphatic hydroxyl groups excluding tert-OH is 2. The number of hydrogen-bond acceptors (Lipinski definition) is 7. The molecule has 3 aliphatic carbocycles. The number of carbonyl (C=O) groups excluding carboxylic acids is 3. The second-order valence-electron chi connectivity index (χ2n) is 14.2. The van der Waals surface area contributed by atoms with Crippen molar-refractivity contribution in [2.75, 3.05) is 0 Å². The monoisotopic (exact) mass is 572 g/mol. The van der Waals surface area contributed by atoms with Gasteiger partial charge in [0.25, 0.3) is 0 Å². The summed E-state index contributed by atoms with van der Waals surface area (Å²) in [5.41, 5.74) is -1.89. The van der Waals surface area contributed by atoms with Crippen molar-refractivity contribution in [1.29, 1.82) is 0 Å². The first-order valence-corrected chi connectivity index (χ1v) is 14.6. The van der Waals surface area contributed by atoms with E-state index in [1.165, 1.54) is 11.6 Å². The Hall–Kier alpha value is -3.71. The summed E-state index contributed by atoms with van der Waals surface area (Å²) >= 11 is 0. The number of aryl methyl sites for hydroxylation is 1. The van der Waals surface area contributed by atoms with E-state index in [2.05, 4.69) is 32.9 Å². The Kier molecular flexibility index (Phi) is 6.85. The van der Waals surface area contributed by atoms with Crippen LogP contribution in [0, 0.1) is 16.2 Å². The Morgan fingerprint density at radius 3 is 2.19 bits per heavy atom. The highest BCUT2D eigenvalue weighted by Crippen LogP contribution is 2.62. The van der Waals surface area contributed by atoms with Crippen molar-refractivity contribution in [2.45, 2.75) is 85.7 Å². The smallest absolute Gasteiger partial charge is 0.209 e. The fraction of sp³-hybridized carbons (Fsp3) is 0.457. The molecular formula is C35H40O7. The Morgan fingerprint density at radius 1 is 0.952 bits per heavy atom. The number of hydrogen-bond donors (Lipinski definition) is 4. The number of carbonyl (C=O) groups is 3. The molecular weight excluding hydrogens is 532 g/mol. The summed E-state index contributed by atoms with van der Waals surface area (Å²) in [6, 6.07) is 11.4. The molecule has 0 aliphatic heterocycles. The van der Waals surface area contributed by atoms with Crippen LogP contribution in [-0.2, 0) is 22.4 Å². The lowest BCUT2D eigenvalue weighted by atomic mass is 9.48. The lowest BCUT2D eigenvalue weighted by Crippen LogP contribution is -2.63. The van der Waals surface area contributed by atoms with Crippen LogP contribution in [0.1, 0.15) is 88.7 Å². The fourth-order valence-corrected chi connectivity index (χ4v) is 7.60. The van der Waals surface area contributed by atoms with E-state index in [1.807, 2.05) is 12.1 Å². The maximum atomic E-state index is 14.1. The van der Waals surface area contributed by atoms with Crippen molar-refractivity contribution >= 4 is 17.3 Å². The van der Waals surface area contributed by atoms with Gasteiger partial charge in [0.15, 0.2) is 17.2 Å². The van der Waals surface area contributed by atoms with Crippen molar-refractivity contribution < 1.29 is 34.8 Å². The summed E-state index contributed by atoms with van der Waals surface area (Å²) in [4.78, 5) is 39.8. The molecule has 2 aromatic carbocycles. The van der Waals surface area contributed by atoms with E-state index >= 15 is 0 Å². The maximum absolute atomic E-state index is 14.1. The van der Waals surface area contributed by atoms with Gasteiger partial charge in [-0.25, -0.2) is 0 Å². The zero-order valence-electron chi connectivity index (χ0n) is 25.2. The molecule has 0 unspecified atom stereocenters.